The first-order chi connectivity index (χ1) is 13.4. The number of anilines is 1. The summed E-state index contributed by atoms with van der Waals surface area (Å²) in [6.07, 6.45) is 3.31. The normalized spacial score (nSPS) is 10.9. The highest BCUT2D eigenvalue weighted by Crippen LogP contribution is 2.28. The number of amides is 2. The van der Waals surface area contributed by atoms with E-state index < -0.39 is 0 Å². The number of carbonyl (C=O) groups excluding carboxylic acids is 2. The van der Waals surface area contributed by atoms with Crippen LogP contribution in [0.2, 0.25) is 0 Å². The van der Waals surface area contributed by atoms with Crippen LogP contribution in [0, 0.1) is 6.92 Å². The van der Waals surface area contributed by atoms with Crippen LogP contribution in [0.4, 0.5) is 5.69 Å². The summed E-state index contributed by atoms with van der Waals surface area (Å²) < 4.78 is 1.62. The molecule has 0 bridgehead atoms. The first kappa shape index (κ1) is 19.4. The second kappa shape index (κ2) is 8.08. The molecule has 0 saturated carbocycles. The lowest BCUT2D eigenvalue weighted by molar-refractivity contribution is 0.0947. The van der Waals surface area contributed by atoms with Gasteiger partial charge in [-0.2, -0.15) is 0 Å². The lowest BCUT2D eigenvalue weighted by atomic mass is 9.98. The van der Waals surface area contributed by atoms with E-state index in [0.717, 1.165) is 16.8 Å². The molecular weight excluding hydrogens is 352 g/mol. The number of imidazole rings is 1. The molecule has 0 fully saturated rings. The van der Waals surface area contributed by atoms with E-state index in [-0.39, 0.29) is 29.3 Å². The van der Waals surface area contributed by atoms with Gasteiger partial charge in [-0.05, 0) is 36.1 Å². The predicted octanol–water partition coefficient (Wildman–Crippen LogP) is 3.93. The summed E-state index contributed by atoms with van der Waals surface area (Å²) in [5, 5.41) is 5.71. The van der Waals surface area contributed by atoms with Gasteiger partial charge < -0.3 is 10.6 Å². The summed E-state index contributed by atoms with van der Waals surface area (Å²) in [5.41, 5.74) is 3.61. The SMILES string of the molecule is C=CCNC(=O)c1nc(C(=O)Nc2c(C)cccc2C(C)C)c2ccccn12. The molecule has 6 heteroatoms. The minimum atomic E-state index is -0.362. The van der Waals surface area contributed by atoms with E-state index in [1.165, 1.54) is 0 Å². The molecule has 2 aromatic heterocycles. The number of aromatic nitrogens is 2. The number of nitrogens with zero attached hydrogens (tertiary/aromatic N) is 2. The van der Waals surface area contributed by atoms with E-state index in [0.29, 0.717) is 12.1 Å². The van der Waals surface area contributed by atoms with Crippen molar-refractivity contribution in [3.8, 4) is 0 Å². The van der Waals surface area contributed by atoms with E-state index in [2.05, 4.69) is 36.0 Å². The van der Waals surface area contributed by atoms with Crippen molar-refractivity contribution in [2.75, 3.05) is 11.9 Å². The van der Waals surface area contributed by atoms with Crippen LogP contribution in [0.1, 0.15) is 52.0 Å². The Balaban J connectivity index is 2.02. The average Bonchev–Trinajstić information content (AvgIpc) is 3.07. The van der Waals surface area contributed by atoms with Crippen molar-refractivity contribution in [1.29, 1.82) is 0 Å². The third-order valence-electron chi connectivity index (χ3n) is 4.54. The number of carbonyl (C=O) groups is 2. The summed E-state index contributed by atoms with van der Waals surface area (Å²) in [6, 6.07) is 11.3. The van der Waals surface area contributed by atoms with Gasteiger partial charge in [-0.15, -0.1) is 6.58 Å². The van der Waals surface area contributed by atoms with Gasteiger partial charge in [0.05, 0.1) is 5.52 Å². The van der Waals surface area contributed by atoms with Crippen molar-refractivity contribution in [3.63, 3.8) is 0 Å². The quantitative estimate of drug-likeness (QED) is 0.640. The number of rotatable bonds is 6. The molecule has 0 atom stereocenters. The predicted molar refractivity (Wildman–Crippen MR) is 111 cm³/mol. The Hall–Kier alpha value is -3.41. The summed E-state index contributed by atoms with van der Waals surface area (Å²) in [7, 11) is 0. The second-order valence-corrected chi connectivity index (χ2v) is 6.89. The molecule has 0 saturated heterocycles. The highest BCUT2D eigenvalue weighted by molar-refractivity contribution is 6.09. The van der Waals surface area contributed by atoms with Crippen LogP contribution in [0.3, 0.4) is 0 Å². The van der Waals surface area contributed by atoms with Crippen molar-refractivity contribution < 1.29 is 9.59 Å². The van der Waals surface area contributed by atoms with E-state index >= 15 is 0 Å². The van der Waals surface area contributed by atoms with Crippen LogP contribution in [0.25, 0.3) is 5.52 Å². The number of fused-ring (bicyclic) bond motifs is 1. The summed E-state index contributed by atoms with van der Waals surface area (Å²) in [4.78, 5) is 29.9. The number of pyridine rings is 1. The maximum Gasteiger partial charge on any atom is 0.287 e. The smallest absolute Gasteiger partial charge is 0.287 e. The molecule has 0 radical (unpaired) electrons. The van der Waals surface area contributed by atoms with Gasteiger partial charge in [0.25, 0.3) is 11.8 Å². The molecule has 0 aliphatic rings. The maximum absolute atomic E-state index is 13.1. The fourth-order valence-corrected chi connectivity index (χ4v) is 3.12. The van der Waals surface area contributed by atoms with E-state index in [9.17, 15) is 9.59 Å². The molecule has 6 nitrogen and oxygen atoms in total. The Morgan fingerprint density at radius 3 is 2.68 bits per heavy atom. The summed E-state index contributed by atoms with van der Waals surface area (Å²) >= 11 is 0. The number of aryl methyl sites for hydroxylation is 1. The van der Waals surface area contributed by atoms with Gasteiger partial charge in [0.15, 0.2) is 5.69 Å². The molecule has 0 aliphatic heterocycles. The molecule has 0 spiro atoms. The zero-order valence-electron chi connectivity index (χ0n) is 16.3. The van der Waals surface area contributed by atoms with Crippen LogP contribution in [0.15, 0.2) is 55.3 Å². The number of nitrogens with one attached hydrogen (secondary N) is 2. The second-order valence-electron chi connectivity index (χ2n) is 6.89. The fourth-order valence-electron chi connectivity index (χ4n) is 3.12. The minimum absolute atomic E-state index is 0.163. The Bertz CT molecular complexity index is 1050. The Morgan fingerprint density at radius 1 is 1.18 bits per heavy atom. The van der Waals surface area contributed by atoms with Crippen molar-refractivity contribution in [1.82, 2.24) is 14.7 Å². The lowest BCUT2D eigenvalue weighted by Gasteiger charge is -2.16. The largest absolute Gasteiger partial charge is 0.346 e. The molecule has 1 aromatic carbocycles. The van der Waals surface area contributed by atoms with Crippen LogP contribution >= 0.6 is 0 Å². The molecule has 2 N–H and O–H groups in total. The van der Waals surface area contributed by atoms with Crippen LogP contribution in [-0.4, -0.2) is 27.7 Å². The molecule has 144 valence electrons. The van der Waals surface area contributed by atoms with E-state index in [4.69, 9.17) is 0 Å². The fraction of sp³-hybridized carbons (Fsp3) is 0.227. The van der Waals surface area contributed by atoms with Crippen molar-refractivity contribution in [2.24, 2.45) is 0 Å². The average molecular weight is 376 g/mol. The highest BCUT2D eigenvalue weighted by Gasteiger charge is 2.22. The van der Waals surface area contributed by atoms with Crippen molar-refractivity contribution in [2.45, 2.75) is 26.7 Å². The third kappa shape index (κ3) is 3.67. The first-order valence-electron chi connectivity index (χ1n) is 9.21. The van der Waals surface area contributed by atoms with Crippen molar-refractivity contribution >= 4 is 23.0 Å². The topological polar surface area (TPSA) is 75.5 Å². The number of para-hydroxylation sites is 1. The zero-order chi connectivity index (χ0) is 20.3. The lowest BCUT2D eigenvalue weighted by Crippen LogP contribution is -2.25. The molecule has 2 amide bonds. The standard InChI is InChI=1S/C22H24N4O2/c1-5-12-23-22(28)20-24-19(17-11-6-7-13-26(17)20)21(27)25-18-15(4)9-8-10-16(18)14(2)3/h5-11,13-14H,1,12H2,2-4H3,(H,23,28)(H,25,27). The Kier molecular flexibility index (Phi) is 5.59. The third-order valence-corrected chi connectivity index (χ3v) is 4.54. The highest BCUT2D eigenvalue weighted by atomic mass is 16.2. The van der Waals surface area contributed by atoms with Gasteiger partial charge in [-0.3, -0.25) is 14.0 Å². The first-order valence-corrected chi connectivity index (χ1v) is 9.21. The number of hydrogen-bond acceptors (Lipinski definition) is 3. The van der Waals surface area contributed by atoms with Crippen LogP contribution in [-0.2, 0) is 0 Å². The van der Waals surface area contributed by atoms with Gasteiger partial charge in [-0.1, -0.05) is 44.2 Å². The number of hydrogen-bond donors (Lipinski definition) is 2. The molecule has 3 aromatic rings. The van der Waals surface area contributed by atoms with Gasteiger partial charge in [0.1, 0.15) is 0 Å². The zero-order valence-corrected chi connectivity index (χ0v) is 16.3. The van der Waals surface area contributed by atoms with Crippen LogP contribution in [0.5, 0.6) is 0 Å². The monoisotopic (exact) mass is 376 g/mol. The molecule has 28 heavy (non-hydrogen) atoms. The summed E-state index contributed by atoms with van der Waals surface area (Å²) in [5.74, 6) is -0.285. The van der Waals surface area contributed by atoms with Gasteiger partial charge in [-0.25, -0.2) is 4.98 Å². The molecular formula is C22H24N4O2. The minimum Gasteiger partial charge on any atom is -0.346 e. The van der Waals surface area contributed by atoms with E-state index in [1.807, 2.05) is 31.2 Å². The Labute approximate surface area is 164 Å². The molecule has 3 rings (SSSR count). The van der Waals surface area contributed by atoms with E-state index in [1.54, 1.807) is 28.8 Å². The van der Waals surface area contributed by atoms with Crippen LogP contribution < -0.4 is 10.6 Å². The molecule has 0 unspecified atom stereocenters. The van der Waals surface area contributed by atoms with Gasteiger partial charge in [0, 0.05) is 18.4 Å². The molecule has 2 heterocycles. The van der Waals surface area contributed by atoms with Gasteiger partial charge >= 0.3 is 0 Å². The summed E-state index contributed by atoms with van der Waals surface area (Å²) in [6.45, 7) is 10.0. The Morgan fingerprint density at radius 2 is 1.96 bits per heavy atom. The van der Waals surface area contributed by atoms with Crippen molar-refractivity contribution in [3.05, 3.63) is 77.9 Å². The number of benzene rings is 1. The maximum atomic E-state index is 13.1. The van der Waals surface area contributed by atoms with Gasteiger partial charge in [0.2, 0.25) is 5.82 Å². The molecule has 0 aliphatic carbocycles.